The summed E-state index contributed by atoms with van der Waals surface area (Å²) < 4.78 is 0. The second kappa shape index (κ2) is 6.92. The van der Waals surface area contributed by atoms with E-state index < -0.39 is 11.9 Å². The maximum Gasteiger partial charge on any atom is 0.257 e. The highest BCUT2D eigenvalue weighted by Crippen LogP contribution is 2.32. The molecule has 4 N–H and O–H groups in total. The maximum atomic E-state index is 12.1. The molecule has 7 heteroatoms. The standard InChI is InChI=1S/C17H23N3O4/c1-9(2)8-18-12-13(16(23)15(12)22)19-11-7-5-6-10(14(11)21)17(24)20(3)4/h5-7,9,16,18-19,21,23H,8H2,1-4H3. The number of phenolic OH excluding ortho intramolecular Hbond substituents is 1. The van der Waals surface area contributed by atoms with Crippen molar-refractivity contribution in [1.29, 1.82) is 0 Å². The topological polar surface area (TPSA) is 102 Å². The number of hydrogen-bond acceptors (Lipinski definition) is 6. The van der Waals surface area contributed by atoms with Crippen molar-refractivity contribution in [3.05, 3.63) is 35.2 Å². The summed E-state index contributed by atoms with van der Waals surface area (Å²) in [5.74, 6) is -0.621. The first-order chi connectivity index (χ1) is 11.2. The van der Waals surface area contributed by atoms with Gasteiger partial charge in [0.25, 0.3) is 5.91 Å². The quantitative estimate of drug-likeness (QED) is 0.577. The summed E-state index contributed by atoms with van der Waals surface area (Å²) in [6, 6.07) is 4.70. The Morgan fingerprint density at radius 2 is 2.00 bits per heavy atom. The molecular weight excluding hydrogens is 310 g/mol. The van der Waals surface area contributed by atoms with Gasteiger partial charge < -0.3 is 25.7 Å². The zero-order chi connectivity index (χ0) is 18.0. The summed E-state index contributed by atoms with van der Waals surface area (Å²) >= 11 is 0. The van der Waals surface area contributed by atoms with Gasteiger partial charge in [-0.15, -0.1) is 0 Å². The van der Waals surface area contributed by atoms with Crippen LogP contribution in [0.5, 0.6) is 5.75 Å². The molecule has 24 heavy (non-hydrogen) atoms. The van der Waals surface area contributed by atoms with Crippen LogP contribution >= 0.6 is 0 Å². The van der Waals surface area contributed by atoms with E-state index in [-0.39, 0.29) is 22.9 Å². The van der Waals surface area contributed by atoms with Gasteiger partial charge in [-0.05, 0) is 18.1 Å². The summed E-state index contributed by atoms with van der Waals surface area (Å²) in [6.45, 7) is 4.59. The van der Waals surface area contributed by atoms with E-state index >= 15 is 0 Å². The molecular formula is C17H23N3O4. The summed E-state index contributed by atoms with van der Waals surface area (Å²) in [7, 11) is 3.18. The Labute approximate surface area is 141 Å². The lowest BCUT2D eigenvalue weighted by Crippen LogP contribution is -2.46. The number of para-hydroxylation sites is 1. The third-order valence-electron chi connectivity index (χ3n) is 3.67. The van der Waals surface area contributed by atoms with E-state index in [1.54, 1.807) is 26.2 Å². The average Bonchev–Trinajstić information content (AvgIpc) is 2.53. The monoisotopic (exact) mass is 333 g/mol. The highest BCUT2D eigenvalue weighted by Gasteiger charge is 2.38. The van der Waals surface area contributed by atoms with Crippen molar-refractivity contribution >= 4 is 17.4 Å². The van der Waals surface area contributed by atoms with E-state index in [9.17, 15) is 19.8 Å². The van der Waals surface area contributed by atoms with E-state index in [1.165, 1.54) is 11.0 Å². The Balaban J connectivity index is 2.28. The first kappa shape index (κ1) is 17.8. The molecule has 0 saturated carbocycles. The number of phenols is 1. The van der Waals surface area contributed by atoms with Crippen LogP contribution in [0.15, 0.2) is 29.6 Å². The van der Waals surface area contributed by atoms with E-state index in [2.05, 4.69) is 10.6 Å². The molecule has 1 atom stereocenters. The van der Waals surface area contributed by atoms with Gasteiger partial charge in [-0.1, -0.05) is 19.9 Å². The number of nitrogens with zero attached hydrogens (tertiary/aromatic N) is 1. The minimum absolute atomic E-state index is 0.141. The molecule has 1 aliphatic carbocycles. The van der Waals surface area contributed by atoms with Gasteiger partial charge in [-0.25, -0.2) is 0 Å². The van der Waals surface area contributed by atoms with Crippen LogP contribution in [0, 0.1) is 5.92 Å². The van der Waals surface area contributed by atoms with Gasteiger partial charge in [-0.3, -0.25) is 9.59 Å². The molecule has 130 valence electrons. The molecule has 0 aliphatic heterocycles. The minimum Gasteiger partial charge on any atom is -0.505 e. The Morgan fingerprint density at radius 3 is 2.58 bits per heavy atom. The number of hydrogen-bond donors (Lipinski definition) is 4. The van der Waals surface area contributed by atoms with Crippen LogP contribution in [0.25, 0.3) is 0 Å². The van der Waals surface area contributed by atoms with E-state index in [0.717, 1.165) is 0 Å². The predicted octanol–water partition coefficient (Wildman–Crippen LogP) is 0.907. The van der Waals surface area contributed by atoms with Gasteiger partial charge in [-0.2, -0.15) is 0 Å². The lowest BCUT2D eigenvalue weighted by atomic mass is 9.94. The molecule has 1 amide bonds. The van der Waals surface area contributed by atoms with Crippen molar-refractivity contribution in [2.24, 2.45) is 5.92 Å². The third kappa shape index (κ3) is 3.35. The zero-order valence-electron chi connectivity index (χ0n) is 14.3. The molecule has 0 aromatic heterocycles. The second-order valence-corrected chi connectivity index (χ2v) is 6.36. The van der Waals surface area contributed by atoms with Crippen molar-refractivity contribution in [3.8, 4) is 5.75 Å². The number of aliphatic hydroxyl groups excluding tert-OH is 1. The van der Waals surface area contributed by atoms with Crippen LogP contribution in [-0.2, 0) is 4.79 Å². The number of aromatic hydroxyl groups is 1. The van der Waals surface area contributed by atoms with Crippen molar-refractivity contribution in [2.75, 3.05) is 26.0 Å². The molecule has 0 bridgehead atoms. The minimum atomic E-state index is -1.26. The van der Waals surface area contributed by atoms with Crippen LogP contribution < -0.4 is 10.6 Å². The highest BCUT2D eigenvalue weighted by molar-refractivity contribution is 6.09. The fourth-order valence-electron chi connectivity index (χ4n) is 2.28. The fraction of sp³-hybridized carbons (Fsp3) is 0.412. The molecule has 7 nitrogen and oxygen atoms in total. The number of anilines is 1. The Morgan fingerprint density at radius 1 is 1.33 bits per heavy atom. The number of carbonyl (C=O) groups is 2. The third-order valence-corrected chi connectivity index (χ3v) is 3.67. The lowest BCUT2D eigenvalue weighted by molar-refractivity contribution is -0.124. The maximum absolute atomic E-state index is 12.1. The summed E-state index contributed by atoms with van der Waals surface area (Å²) in [4.78, 5) is 25.2. The molecule has 2 rings (SSSR count). The van der Waals surface area contributed by atoms with Gasteiger partial charge in [0.1, 0.15) is 5.70 Å². The normalized spacial score (nSPS) is 16.9. The van der Waals surface area contributed by atoms with Crippen LogP contribution in [0.3, 0.4) is 0 Å². The van der Waals surface area contributed by atoms with E-state index in [4.69, 9.17) is 0 Å². The predicted molar refractivity (Wildman–Crippen MR) is 90.6 cm³/mol. The molecule has 1 unspecified atom stereocenters. The first-order valence-corrected chi connectivity index (χ1v) is 7.75. The molecule has 0 saturated heterocycles. The number of ketones is 1. The number of aliphatic hydroxyl groups is 1. The fourth-order valence-corrected chi connectivity index (χ4v) is 2.28. The average molecular weight is 333 g/mol. The van der Waals surface area contributed by atoms with Crippen molar-refractivity contribution < 1.29 is 19.8 Å². The number of benzene rings is 1. The number of amides is 1. The SMILES string of the molecule is CC(C)CNC1=C(Nc2cccc(C(=O)N(C)C)c2O)C(O)C1=O. The number of Topliss-reactive ketones (excluding diaryl/α,β-unsaturated/α-hetero) is 1. The molecule has 0 heterocycles. The summed E-state index contributed by atoms with van der Waals surface area (Å²) in [5.41, 5.74) is 1.00. The van der Waals surface area contributed by atoms with Gasteiger partial charge in [0, 0.05) is 20.6 Å². The van der Waals surface area contributed by atoms with E-state index in [1.807, 2.05) is 13.8 Å². The second-order valence-electron chi connectivity index (χ2n) is 6.36. The van der Waals surface area contributed by atoms with Crippen LogP contribution in [0.2, 0.25) is 0 Å². The molecule has 1 aliphatic rings. The first-order valence-electron chi connectivity index (χ1n) is 7.75. The molecule has 0 spiro atoms. The Hall–Kier alpha value is -2.54. The smallest absolute Gasteiger partial charge is 0.257 e. The number of carbonyl (C=O) groups excluding carboxylic acids is 2. The molecule has 0 fully saturated rings. The van der Waals surface area contributed by atoms with Crippen molar-refractivity contribution in [1.82, 2.24) is 10.2 Å². The number of rotatable bonds is 6. The summed E-state index contributed by atoms with van der Waals surface area (Å²) in [5, 5.41) is 26.0. The summed E-state index contributed by atoms with van der Waals surface area (Å²) in [6.07, 6.45) is -1.26. The highest BCUT2D eigenvalue weighted by atomic mass is 16.3. The van der Waals surface area contributed by atoms with Gasteiger partial charge in [0.05, 0.1) is 16.9 Å². The Bertz CT molecular complexity index is 695. The van der Waals surface area contributed by atoms with Crippen molar-refractivity contribution in [2.45, 2.75) is 20.0 Å². The van der Waals surface area contributed by atoms with Crippen molar-refractivity contribution in [3.63, 3.8) is 0 Å². The molecule has 1 aromatic carbocycles. The zero-order valence-corrected chi connectivity index (χ0v) is 14.3. The molecule has 0 radical (unpaired) electrons. The molecule has 1 aromatic rings. The van der Waals surface area contributed by atoms with Crippen LogP contribution in [-0.4, -0.2) is 53.5 Å². The Kier molecular flexibility index (Phi) is 5.14. The van der Waals surface area contributed by atoms with Gasteiger partial charge >= 0.3 is 0 Å². The van der Waals surface area contributed by atoms with Crippen LogP contribution in [0.4, 0.5) is 5.69 Å². The number of nitrogens with one attached hydrogen (secondary N) is 2. The van der Waals surface area contributed by atoms with E-state index in [0.29, 0.717) is 23.9 Å². The van der Waals surface area contributed by atoms with Crippen LogP contribution in [0.1, 0.15) is 24.2 Å². The van der Waals surface area contributed by atoms with Gasteiger partial charge in [0.15, 0.2) is 11.9 Å². The van der Waals surface area contributed by atoms with Gasteiger partial charge in [0.2, 0.25) is 5.78 Å². The largest absolute Gasteiger partial charge is 0.505 e. The lowest BCUT2D eigenvalue weighted by Gasteiger charge is -2.30.